The molecule has 1 aromatic rings. The Morgan fingerprint density at radius 1 is 1.19 bits per heavy atom. The summed E-state index contributed by atoms with van der Waals surface area (Å²) in [5.41, 5.74) is 0.754. The first-order chi connectivity index (χ1) is 12.9. The van der Waals surface area contributed by atoms with Crippen molar-refractivity contribution in [3.63, 3.8) is 0 Å². The Balaban J connectivity index is 1.52. The molecular formula is C21H32N4O2. The van der Waals surface area contributed by atoms with Gasteiger partial charge < -0.3 is 15.1 Å². The third-order valence-electron chi connectivity index (χ3n) is 5.49. The Bertz CT molecular complexity index is 639. The Kier molecular flexibility index (Phi) is 6.47. The maximum absolute atomic E-state index is 12.8. The molecule has 2 amide bonds. The number of rotatable bonds is 6. The highest BCUT2D eigenvalue weighted by molar-refractivity contribution is 5.89. The van der Waals surface area contributed by atoms with Gasteiger partial charge in [0.2, 0.25) is 11.8 Å². The number of hydrogen-bond donors (Lipinski definition) is 1. The molecule has 0 unspecified atom stereocenters. The molecule has 6 nitrogen and oxygen atoms in total. The van der Waals surface area contributed by atoms with E-state index in [0.29, 0.717) is 19.5 Å². The van der Waals surface area contributed by atoms with E-state index in [-0.39, 0.29) is 23.3 Å². The van der Waals surface area contributed by atoms with Gasteiger partial charge in [0.15, 0.2) is 0 Å². The van der Waals surface area contributed by atoms with Crippen molar-refractivity contribution in [3.05, 3.63) is 30.1 Å². The van der Waals surface area contributed by atoms with Gasteiger partial charge in [-0.15, -0.1) is 0 Å². The second kappa shape index (κ2) is 8.83. The first kappa shape index (κ1) is 19.8. The lowest BCUT2D eigenvalue weighted by Gasteiger charge is -2.33. The standard InChI is InChI=1S/C21H32N4O2/c1-21(2,16-24-11-5-3-4-6-12-24)23-20(27)18-13-19(26)25(15-18)14-17-7-9-22-10-8-17/h7-10,18H,3-6,11-16H2,1-2H3,(H,23,27)/t18-/m0/s1. The summed E-state index contributed by atoms with van der Waals surface area (Å²) in [6.07, 6.45) is 8.85. The molecule has 1 atom stereocenters. The Hall–Kier alpha value is -1.95. The SMILES string of the molecule is CC(C)(CN1CCCCCC1)NC(=O)[C@H]1CC(=O)N(Cc2ccncc2)C1. The number of likely N-dealkylation sites (tertiary alicyclic amines) is 2. The van der Waals surface area contributed by atoms with E-state index in [2.05, 4.69) is 29.0 Å². The molecule has 1 aromatic heterocycles. The van der Waals surface area contributed by atoms with Crippen LogP contribution in [0, 0.1) is 5.92 Å². The van der Waals surface area contributed by atoms with Crippen LogP contribution in [0.25, 0.3) is 0 Å². The second-order valence-corrected chi connectivity index (χ2v) is 8.59. The van der Waals surface area contributed by atoms with Crippen molar-refractivity contribution >= 4 is 11.8 Å². The largest absolute Gasteiger partial charge is 0.350 e. The molecule has 148 valence electrons. The summed E-state index contributed by atoms with van der Waals surface area (Å²) in [5, 5.41) is 3.20. The molecule has 2 aliphatic heterocycles. The number of pyridine rings is 1. The first-order valence-corrected chi connectivity index (χ1v) is 10.1. The molecular weight excluding hydrogens is 340 g/mol. The summed E-state index contributed by atoms with van der Waals surface area (Å²) in [6, 6.07) is 3.82. The van der Waals surface area contributed by atoms with Gasteiger partial charge >= 0.3 is 0 Å². The number of nitrogens with one attached hydrogen (secondary N) is 1. The van der Waals surface area contributed by atoms with Crippen LogP contribution in [0.4, 0.5) is 0 Å². The van der Waals surface area contributed by atoms with Gasteiger partial charge in [0.25, 0.3) is 0 Å². The Morgan fingerprint density at radius 3 is 2.52 bits per heavy atom. The summed E-state index contributed by atoms with van der Waals surface area (Å²) < 4.78 is 0. The monoisotopic (exact) mass is 372 g/mol. The maximum Gasteiger partial charge on any atom is 0.225 e. The van der Waals surface area contributed by atoms with Crippen molar-refractivity contribution in [3.8, 4) is 0 Å². The number of aromatic nitrogens is 1. The summed E-state index contributed by atoms with van der Waals surface area (Å²) >= 11 is 0. The fraction of sp³-hybridized carbons (Fsp3) is 0.667. The van der Waals surface area contributed by atoms with Crippen LogP contribution in [0.15, 0.2) is 24.5 Å². The van der Waals surface area contributed by atoms with Gasteiger partial charge in [-0.1, -0.05) is 12.8 Å². The van der Waals surface area contributed by atoms with Crippen LogP contribution in [-0.4, -0.2) is 58.3 Å². The minimum Gasteiger partial charge on any atom is -0.350 e. The van der Waals surface area contributed by atoms with E-state index in [4.69, 9.17) is 0 Å². The van der Waals surface area contributed by atoms with E-state index < -0.39 is 0 Å². The third-order valence-corrected chi connectivity index (χ3v) is 5.49. The molecule has 0 saturated carbocycles. The van der Waals surface area contributed by atoms with Gasteiger partial charge in [-0.25, -0.2) is 0 Å². The molecule has 6 heteroatoms. The first-order valence-electron chi connectivity index (χ1n) is 10.1. The van der Waals surface area contributed by atoms with Crippen molar-refractivity contribution in [2.45, 2.75) is 58.0 Å². The molecule has 2 aliphatic rings. The van der Waals surface area contributed by atoms with Crippen LogP contribution in [0.3, 0.4) is 0 Å². The van der Waals surface area contributed by atoms with Crippen LogP contribution >= 0.6 is 0 Å². The predicted molar refractivity (Wildman–Crippen MR) is 105 cm³/mol. The molecule has 2 saturated heterocycles. The van der Waals surface area contributed by atoms with Crippen molar-refractivity contribution in [1.29, 1.82) is 0 Å². The van der Waals surface area contributed by atoms with Crippen molar-refractivity contribution in [2.75, 3.05) is 26.2 Å². The number of carbonyl (C=O) groups is 2. The van der Waals surface area contributed by atoms with Gasteiger partial charge in [-0.3, -0.25) is 14.6 Å². The molecule has 27 heavy (non-hydrogen) atoms. The molecule has 0 radical (unpaired) electrons. The lowest BCUT2D eigenvalue weighted by Crippen LogP contribution is -2.53. The lowest BCUT2D eigenvalue weighted by molar-refractivity contribution is -0.129. The van der Waals surface area contributed by atoms with Gasteiger partial charge in [0, 0.05) is 44.0 Å². The summed E-state index contributed by atoms with van der Waals surface area (Å²) in [4.78, 5) is 33.4. The van der Waals surface area contributed by atoms with E-state index in [1.165, 1.54) is 25.7 Å². The van der Waals surface area contributed by atoms with Crippen LogP contribution in [0.1, 0.15) is 51.5 Å². The molecule has 3 heterocycles. The van der Waals surface area contributed by atoms with Crippen LogP contribution < -0.4 is 5.32 Å². The minimum absolute atomic E-state index is 0.000371. The lowest BCUT2D eigenvalue weighted by atomic mass is 10.0. The smallest absolute Gasteiger partial charge is 0.225 e. The molecule has 0 aromatic carbocycles. The Morgan fingerprint density at radius 2 is 1.85 bits per heavy atom. The second-order valence-electron chi connectivity index (χ2n) is 8.59. The highest BCUT2D eigenvalue weighted by atomic mass is 16.2. The van der Waals surface area contributed by atoms with E-state index in [1.807, 2.05) is 12.1 Å². The van der Waals surface area contributed by atoms with E-state index in [9.17, 15) is 9.59 Å². The minimum atomic E-state index is -0.289. The van der Waals surface area contributed by atoms with Crippen LogP contribution in [0.5, 0.6) is 0 Å². The molecule has 0 spiro atoms. The number of amides is 2. The fourth-order valence-corrected chi connectivity index (χ4v) is 4.14. The maximum atomic E-state index is 12.8. The molecule has 2 fully saturated rings. The van der Waals surface area contributed by atoms with Gasteiger partial charge in [0.05, 0.1) is 5.92 Å². The zero-order valence-corrected chi connectivity index (χ0v) is 16.6. The summed E-state index contributed by atoms with van der Waals surface area (Å²) in [5.74, 6) is -0.208. The van der Waals surface area contributed by atoms with Crippen LogP contribution in [-0.2, 0) is 16.1 Å². The van der Waals surface area contributed by atoms with Crippen molar-refractivity contribution in [2.24, 2.45) is 5.92 Å². The number of hydrogen-bond acceptors (Lipinski definition) is 4. The van der Waals surface area contributed by atoms with E-state index in [1.54, 1.807) is 17.3 Å². The zero-order valence-electron chi connectivity index (χ0n) is 16.6. The third kappa shape index (κ3) is 5.76. The summed E-state index contributed by atoms with van der Waals surface area (Å²) in [6.45, 7) is 8.29. The molecule has 1 N–H and O–H groups in total. The van der Waals surface area contributed by atoms with Crippen LogP contribution in [0.2, 0.25) is 0 Å². The number of carbonyl (C=O) groups excluding carboxylic acids is 2. The highest BCUT2D eigenvalue weighted by Gasteiger charge is 2.36. The quantitative estimate of drug-likeness (QED) is 0.831. The van der Waals surface area contributed by atoms with Crippen molar-refractivity contribution in [1.82, 2.24) is 20.1 Å². The van der Waals surface area contributed by atoms with Crippen molar-refractivity contribution < 1.29 is 9.59 Å². The topological polar surface area (TPSA) is 65.5 Å². The van der Waals surface area contributed by atoms with E-state index in [0.717, 1.165) is 25.2 Å². The van der Waals surface area contributed by atoms with Gasteiger partial charge in [-0.2, -0.15) is 0 Å². The molecule has 3 rings (SSSR count). The van der Waals surface area contributed by atoms with Gasteiger partial charge in [0.1, 0.15) is 0 Å². The van der Waals surface area contributed by atoms with E-state index >= 15 is 0 Å². The highest BCUT2D eigenvalue weighted by Crippen LogP contribution is 2.22. The van der Waals surface area contributed by atoms with Gasteiger partial charge in [-0.05, 0) is 57.5 Å². The molecule has 0 bridgehead atoms. The average molecular weight is 373 g/mol. The predicted octanol–water partition coefficient (Wildman–Crippen LogP) is 2.20. The average Bonchev–Trinajstić information content (AvgIpc) is 2.81. The summed E-state index contributed by atoms with van der Waals surface area (Å²) in [7, 11) is 0. The molecule has 0 aliphatic carbocycles. The normalized spacial score (nSPS) is 21.9. The number of nitrogens with zero attached hydrogens (tertiary/aromatic N) is 3. The Labute approximate surface area is 162 Å². The fourth-order valence-electron chi connectivity index (χ4n) is 4.14. The zero-order chi connectivity index (χ0) is 19.3.